The third kappa shape index (κ3) is 3.92. The molecule has 0 saturated carbocycles. The summed E-state index contributed by atoms with van der Waals surface area (Å²) in [5.41, 5.74) is 0. The maximum absolute atomic E-state index is 12.0. The van der Waals surface area contributed by atoms with Crippen LogP contribution in [0.1, 0.15) is 26.7 Å². The molecule has 1 fully saturated rings. The zero-order valence-electron chi connectivity index (χ0n) is 11.8. The van der Waals surface area contributed by atoms with Crippen LogP contribution in [0.2, 0.25) is 0 Å². The Morgan fingerprint density at radius 1 is 1.50 bits per heavy atom. The fourth-order valence-corrected chi connectivity index (χ4v) is 3.27. The molecule has 0 aromatic rings. The summed E-state index contributed by atoms with van der Waals surface area (Å²) in [6.07, 6.45) is 1.67. The topological polar surface area (TPSA) is 88.1 Å². The smallest absolute Gasteiger partial charge is 0.330 e. The molecule has 1 saturated heterocycles. The Kier molecular flexibility index (Phi) is 6.94. The fraction of sp³-hybridized carbons (Fsp3) is 0.833. The van der Waals surface area contributed by atoms with Gasteiger partial charge in [0.1, 0.15) is 6.04 Å². The van der Waals surface area contributed by atoms with Crippen LogP contribution in [0.5, 0.6) is 0 Å². The molecular formula is C12H21N3O4S. The highest BCUT2D eigenvalue weighted by Gasteiger charge is 2.47. The number of hydrogen-bond acceptors (Lipinski definition) is 7. The zero-order chi connectivity index (χ0) is 15.0. The second-order valence-electron chi connectivity index (χ2n) is 4.63. The minimum atomic E-state index is -0.846. The van der Waals surface area contributed by atoms with Crippen LogP contribution in [-0.2, 0) is 14.3 Å². The van der Waals surface area contributed by atoms with Gasteiger partial charge in [0.05, 0.1) is 11.4 Å². The Morgan fingerprint density at radius 3 is 2.60 bits per heavy atom. The molecule has 0 aromatic heterocycles. The third-order valence-corrected chi connectivity index (χ3v) is 4.73. The van der Waals surface area contributed by atoms with E-state index in [4.69, 9.17) is 4.74 Å². The van der Waals surface area contributed by atoms with Crippen LogP contribution < -0.4 is 5.32 Å². The molecule has 1 heterocycles. The number of nitroso groups, excluding NO2 is 1. The van der Waals surface area contributed by atoms with E-state index in [1.165, 1.54) is 0 Å². The molecule has 8 heteroatoms. The molecule has 0 radical (unpaired) electrons. The molecule has 1 unspecified atom stereocenters. The average Bonchev–Trinajstić information content (AvgIpc) is 2.46. The van der Waals surface area contributed by atoms with Crippen LogP contribution in [-0.4, -0.2) is 54.3 Å². The highest BCUT2D eigenvalue weighted by atomic mass is 32.2. The van der Waals surface area contributed by atoms with Crippen molar-refractivity contribution >= 4 is 24.3 Å². The molecule has 1 atom stereocenters. The minimum absolute atomic E-state index is 0.228. The van der Waals surface area contributed by atoms with E-state index >= 15 is 0 Å². The van der Waals surface area contributed by atoms with Crippen molar-refractivity contribution in [3.05, 3.63) is 4.91 Å². The van der Waals surface area contributed by atoms with E-state index in [2.05, 4.69) is 21.7 Å². The molecule has 1 rings (SSSR count). The monoisotopic (exact) mass is 303 g/mol. The van der Waals surface area contributed by atoms with Gasteiger partial charge in [-0.15, -0.1) is 4.91 Å². The van der Waals surface area contributed by atoms with Gasteiger partial charge in [-0.2, -0.15) is 0 Å². The van der Waals surface area contributed by atoms with Gasteiger partial charge in [-0.1, -0.05) is 6.92 Å². The van der Waals surface area contributed by atoms with Gasteiger partial charge in [-0.05, 0) is 39.4 Å². The summed E-state index contributed by atoms with van der Waals surface area (Å²) in [6, 6.07) is -0.846. The van der Waals surface area contributed by atoms with E-state index in [9.17, 15) is 14.5 Å². The summed E-state index contributed by atoms with van der Waals surface area (Å²) in [7, 11) is 0. The summed E-state index contributed by atoms with van der Waals surface area (Å²) >= 11 is 0.835. The summed E-state index contributed by atoms with van der Waals surface area (Å²) in [5, 5.41) is 2.50. The minimum Gasteiger partial charge on any atom is -0.464 e. The van der Waals surface area contributed by atoms with Crippen molar-refractivity contribution < 1.29 is 14.3 Å². The van der Waals surface area contributed by atoms with Crippen molar-refractivity contribution in [3.8, 4) is 0 Å². The molecule has 20 heavy (non-hydrogen) atoms. The molecular weight excluding hydrogens is 282 g/mol. The molecule has 0 aliphatic carbocycles. The Bertz CT molecular complexity index is 346. The van der Waals surface area contributed by atoms with Gasteiger partial charge in [-0.25, -0.2) is 4.79 Å². The highest BCUT2D eigenvalue weighted by molar-refractivity contribution is 7.99. The molecule has 1 aliphatic rings. The summed E-state index contributed by atoms with van der Waals surface area (Å²) in [4.78, 5) is 35.8. The number of nitrogens with zero attached hydrogens (tertiary/aromatic N) is 2. The summed E-state index contributed by atoms with van der Waals surface area (Å²) < 4.78 is 7.19. The molecule has 1 amide bonds. The highest BCUT2D eigenvalue weighted by Crippen LogP contribution is 2.40. The number of amides is 1. The van der Waals surface area contributed by atoms with Crippen LogP contribution in [0.3, 0.4) is 0 Å². The Labute approximate surface area is 122 Å². The zero-order valence-corrected chi connectivity index (χ0v) is 12.6. The van der Waals surface area contributed by atoms with Gasteiger partial charge in [0.15, 0.2) is 0 Å². The van der Waals surface area contributed by atoms with Crippen LogP contribution >= 0.6 is 11.9 Å². The van der Waals surface area contributed by atoms with Crippen molar-refractivity contribution in [1.29, 1.82) is 0 Å². The standard InChI is InChI=1S/C12H21N3O4S/c1-3-15-7-5-12(6-8-15,20-14-18)10(13-9-16)11(17)19-4-2/h9-10H,3-8H2,1-2H3,(H,13,16). The number of likely N-dealkylation sites (tertiary alicyclic amines) is 1. The number of nitrogens with one attached hydrogen (secondary N) is 1. The molecule has 0 aromatic carbocycles. The molecule has 7 nitrogen and oxygen atoms in total. The van der Waals surface area contributed by atoms with Crippen molar-refractivity contribution in [3.63, 3.8) is 0 Å². The van der Waals surface area contributed by atoms with Crippen molar-refractivity contribution in [2.45, 2.75) is 37.5 Å². The number of carbonyl (C=O) groups is 2. The lowest BCUT2D eigenvalue weighted by Crippen LogP contribution is -2.58. The Balaban J connectivity index is 2.92. The SMILES string of the molecule is CCOC(=O)C(NC=O)C1(SN=O)CCN(CC)CC1. The van der Waals surface area contributed by atoms with E-state index in [0.29, 0.717) is 19.3 Å². The number of piperidine rings is 1. The quantitative estimate of drug-likeness (QED) is 0.311. The lowest BCUT2D eigenvalue weighted by molar-refractivity contribution is -0.148. The van der Waals surface area contributed by atoms with Crippen LogP contribution in [0.25, 0.3) is 0 Å². The second kappa shape index (κ2) is 8.21. The van der Waals surface area contributed by atoms with Crippen molar-refractivity contribution in [2.75, 3.05) is 26.2 Å². The first kappa shape index (κ1) is 16.9. The van der Waals surface area contributed by atoms with Crippen molar-refractivity contribution in [2.24, 2.45) is 4.58 Å². The first-order valence-electron chi connectivity index (χ1n) is 6.73. The van der Waals surface area contributed by atoms with E-state index in [1.54, 1.807) is 6.92 Å². The van der Waals surface area contributed by atoms with Gasteiger partial charge in [-0.3, -0.25) is 4.79 Å². The van der Waals surface area contributed by atoms with E-state index in [0.717, 1.165) is 31.6 Å². The van der Waals surface area contributed by atoms with Gasteiger partial charge in [0.25, 0.3) is 0 Å². The van der Waals surface area contributed by atoms with Crippen molar-refractivity contribution in [1.82, 2.24) is 10.2 Å². The molecule has 0 spiro atoms. The van der Waals surface area contributed by atoms with Gasteiger partial charge < -0.3 is 15.0 Å². The largest absolute Gasteiger partial charge is 0.464 e. The average molecular weight is 303 g/mol. The molecule has 0 bridgehead atoms. The van der Waals surface area contributed by atoms with Gasteiger partial charge >= 0.3 is 5.97 Å². The second-order valence-corrected chi connectivity index (χ2v) is 5.78. The van der Waals surface area contributed by atoms with Crippen LogP contribution in [0.15, 0.2) is 4.58 Å². The molecule has 114 valence electrons. The fourth-order valence-electron chi connectivity index (χ4n) is 2.48. The molecule has 1 N–H and O–H groups in total. The number of esters is 1. The lowest BCUT2D eigenvalue weighted by Gasteiger charge is -2.42. The Morgan fingerprint density at radius 2 is 2.15 bits per heavy atom. The Hall–Kier alpha value is -1.15. The van der Waals surface area contributed by atoms with E-state index in [1.807, 2.05) is 0 Å². The van der Waals surface area contributed by atoms with Crippen LogP contribution in [0.4, 0.5) is 0 Å². The van der Waals surface area contributed by atoms with Gasteiger partial charge in [0.2, 0.25) is 6.41 Å². The van der Waals surface area contributed by atoms with Gasteiger partial charge in [0, 0.05) is 16.5 Å². The lowest BCUT2D eigenvalue weighted by atomic mass is 9.88. The molecule has 1 aliphatic heterocycles. The predicted molar refractivity (Wildman–Crippen MR) is 77.1 cm³/mol. The summed E-state index contributed by atoms with van der Waals surface area (Å²) in [6.45, 7) is 6.43. The number of hydrogen-bond donors (Lipinski definition) is 1. The van der Waals surface area contributed by atoms with Crippen LogP contribution in [0, 0.1) is 4.91 Å². The van der Waals surface area contributed by atoms with E-state index < -0.39 is 16.8 Å². The number of ether oxygens (including phenoxy) is 1. The third-order valence-electron chi connectivity index (χ3n) is 3.65. The first-order valence-corrected chi connectivity index (χ1v) is 7.50. The maximum Gasteiger partial charge on any atom is 0.330 e. The van der Waals surface area contributed by atoms with E-state index in [-0.39, 0.29) is 6.61 Å². The maximum atomic E-state index is 12.0. The normalized spacial score (nSPS) is 19.9. The summed E-state index contributed by atoms with van der Waals surface area (Å²) in [5.74, 6) is -0.513. The number of carbonyl (C=O) groups excluding carboxylic acids is 2. The first-order chi connectivity index (χ1) is 9.63. The predicted octanol–water partition coefficient (Wildman–Crippen LogP) is 0.933. The number of rotatable bonds is 8.